The number of amides is 1. The molecular weight excluding hydrogens is 306 g/mol. The SMILES string of the molecule is CCc1cc(C(=O)N2CCC(CCBr)C2)n(CC)n1. The number of hydrogen-bond acceptors (Lipinski definition) is 2. The van der Waals surface area contributed by atoms with Crippen LogP contribution >= 0.6 is 15.9 Å². The van der Waals surface area contributed by atoms with Gasteiger partial charge in [0, 0.05) is 25.0 Å². The molecule has 0 aliphatic carbocycles. The highest BCUT2D eigenvalue weighted by Gasteiger charge is 2.28. The van der Waals surface area contributed by atoms with E-state index in [1.807, 2.05) is 22.6 Å². The molecule has 1 aliphatic heterocycles. The third-order valence-corrected chi connectivity index (χ3v) is 4.26. The van der Waals surface area contributed by atoms with E-state index in [1.165, 1.54) is 0 Å². The van der Waals surface area contributed by atoms with Crippen molar-refractivity contribution in [2.45, 2.75) is 39.7 Å². The first-order chi connectivity index (χ1) is 9.19. The molecule has 1 atom stereocenters. The molecule has 0 N–H and O–H groups in total. The number of hydrogen-bond donors (Lipinski definition) is 0. The standard InChI is InChI=1S/C14H22BrN3O/c1-3-12-9-13(18(4-2)16-12)14(19)17-8-6-11(10-17)5-7-15/h9,11H,3-8,10H2,1-2H3. The second kappa shape index (κ2) is 6.55. The minimum Gasteiger partial charge on any atom is -0.337 e. The van der Waals surface area contributed by atoms with Gasteiger partial charge in [0.2, 0.25) is 0 Å². The number of aryl methyl sites for hydroxylation is 2. The fraction of sp³-hybridized carbons (Fsp3) is 0.714. The van der Waals surface area contributed by atoms with Crippen LogP contribution in [0.2, 0.25) is 0 Å². The Morgan fingerprint density at radius 1 is 1.53 bits per heavy atom. The first-order valence-corrected chi connectivity index (χ1v) is 8.23. The fourth-order valence-electron chi connectivity index (χ4n) is 2.63. The van der Waals surface area contributed by atoms with Gasteiger partial charge in [-0.25, -0.2) is 0 Å². The van der Waals surface area contributed by atoms with Gasteiger partial charge in [0.1, 0.15) is 5.69 Å². The zero-order chi connectivity index (χ0) is 13.8. The number of likely N-dealkylation sites (tertiary alicyclic amines) is 1. The molecule has 0 radical (unpaired) electrons. The van der Waals surface area contributed by atoms with E-state index in [4.69, 9.17) is 0 Å². The summed E-state index contributed by atoms with van der Waals surface area (Å²) in [6, 6.07) is 1.95. The average Bonchev–Trinajstić information content (AvgIpc) is 3.04. The molecule has 1 saturated heterocycles. The second-order valence-electron chi connectivity index (χ2n) is 5.07. The zero-order valence-electron chi connectivity index (χ0n) is 11.7. The summed E-state index contributed by atoms with van der Waals surface area (Å²) in [7, 11) is 0. The summed E-state index contributed by atoms with van der Waals surface area (Å²) in [5, 5.41) is 5.48. The molecule has 1 amide bonds. The molecule has 106 valence electrons. The summed E-state index contributed by atoms with van der Waals surface area (Å²) >= 11 is 3.48. The lowest BCUT2D eigenvalue weighted by atomic mass is 10.1. The van der Waals surface area contributed by atoms with Gasteiger partial charge in [-0.1, -0.05) is 22.9 Å². The molecule has 1 aromatic heterocycles. The predicted octanol–water partition coefficient (Wildman–Crippen LogP) is 2.71. The van der Waals surface area contributed by atoms with E-state index in [9.17, 15) is 4.79 Å². The van der Waals surface area contributed by atoms with Crippen LogP contribution in [0.15, 0.2) is 6.07 Å². The lowest BCUT2D eigenvalue weighted by molar-refractivity contribution is 0.0774. The summed E-state index contributed by atoms with van der Waals surface area (Å²) < 4.78 is 1.83. The molecule has 19 heavy (non-hydrogen) atoms. The number of rotatable bonds is 5. The summed E-state index contributed by atoms with van der Waals surface area (Å²) in [6.07, 6.45) is 3.15. The molecule has 0 saturated carbocycles. The van der Waals surface area contributed by atoms with Gasteiger partial charge in [-0.2, -0.15) is 5.10 Å². The van der Waals surface area contributed by atoms with E-state index in [-0.39, 0.29) is 5.91 Å². The molecule has 2 rings (SSSR count). The minimum absolute atomic E-state index is 0.145. The Hall–Kier alpha value is -0.840. The van der Waals surface area contributed by atoms with E-state index in [0.29, 0.717) is 5.92 Å². The maximum absolute atomic E-state index is 12.6. The molecule has 1 fully saturated rings. The molecule has 0 bridgehead atoms. The van der Waals surface area contributed by atoms with Crippen LogP contribution < -0.4 is 0 Å². The number of nitrogens with zero attached hydrogens (tertiary/aromatic N) is 3. The third kappa shape index (κ3) is 3.19. The Morgan fingerprint density at radius 3 is 2.95 bits per heavy atom. The highest BCUT2D eigenvalue weighted by atomic mass is 79.9. The molecular formula is C14H22BrN3O. The number of carbonyl (C=O) groups is 1. The van der Waals surface area contributed by atoms with Crippen LogP contribution in [0.3, 0.4) is 0 Å². The van der Waals surface area contributed by atoms with Crippen LogP contribution in [0.1, 0.15) is 42.9 Å². The van der Waals surface area contributed by atoms with E-state index < -0.39 is 0 Å². The van der Waals surface area contributed by atoms with Crippen LogP contribution in [0.25, 0.3) is 0 Å². The van der Waals surface area contributed by atoms with Crippen LogP contribution in [0.4, 0.5) is 0 Å². The molecule has 0 spiro atoms. The fourth-order valence-corrected chi connectivity index (χ4v) is 3.27. The van der Waals surface area contributed by atoms with Crippen molar-refractivity contribution < 1.29 is 4.79 Å². The first-order valence-electron chi connectivity index (χ1n) is 7.11. The molecule has 0 aromatic carbocycles. The van der Waals surface area contributed by atoms with Gasteiger partial charge in [-0.15, -0.1) is 0 Å². The van der Waals surface area contributed by atoms with E-state index in [2.05, 4.69) is 28.0 Å². The van der Waals surface area contributed by atoms with Gasteiger partial charge >= 0.3 is 0 Å². The lowest BCUT2D eigenvalue weighted by Crippen LogP contribution is -2.30. The van der Waals surface area contributed by atoms with Crippen molar-refractivity contribution in [3.8, 4) is 0 Å². The second-order valence-corrected chi connectivity index (χ2v) is 5.87. The van der Waals surface area contributed by atoms with Crippen molar-refractivity contribution in [3.05, 3.63) is 17.5 Å². The van der Waals surface area contributed by atoms with Crippen molar-refractivity contribution in [1.29, 1.82) is 0 Å². The maximum Gasteiger partial charge on any atom is 0.272 e. The van der Waals surface area contributed by atoms with Gasteiger partial charge in [-0.3, -0.25) is 9.48 Å². The monoisotopic (exact) mass is 327 g/mol. The van der Waals surface area contributed by atoms with Crippen molar-refractivity contribution in [2.75, 3.05) is 18.4 Å². The Bertz CT molecular complexity index is 444. The summed E-state index contributed by atoms with van der Waals surface area (Å²) in [4.78, 5) is 14.5. The van der Waals surface area contributed by atoms with Gasteiger partial charge in [0.25, 0.3) is 5.91 Å². The van der Waals surface area contributed by atoms with Crippen molar-refractivity contribution >= 4 is 21.8 Å². The van der Waals surface area contributed by atoms with E-state index >= 15 is 0 Å². The number of alkyl halides is 1. The molecule has 1 aliphatic rings. The molecule has 1 unspecified atom stereocenters. The average molecular weight is 328 g/mol. The normalized spacial score (nSPS) is 19.1. The Morgan fingerprint density at radius 2 is 2.32 bits per heavy atom. The number of carbonyl (C=O) groups excluding carboxylic acids is 1. The van der Waals surface area contributed by atoms with Crippen LogP contribution in [-0.2, 0) is 13.0 Å². The van der Waals surface area contributed by atoms with Crippen molar-refractivity contribution in [3.63, 3.8) is 0 Å². The summed E-state index contributed by atoms with van der Waals surface area (Å²) in [5.74, 6) is 0.790. The van der Waals surface area contributed by atoms with Crippen molar-refractivity contribution in [2.24, 2.45) is 5.92 Å². The minimum atomic E-state index is 0.145. The first kappa shape index (κ1) is 14.6. The summed E-state index contributed by atoms with van der Waals surface area (Å²) in [5.41, 5.74) is 1.75. The predicted molar refractivity (Wildman–Crippen MR) is 79.7 cm³/mol. The Kier molecular flexibility index (Phi) is 5.02. The number of aromatic nitrogens is 2. The highest BCUT2D eigenvalue weighted by Crippen LogP contribution is 2.22. The lowest BCUT2D eigenvalue weighted by Gasteiger charge is -2.16. The topological polar surface area (TPSA) is 38.1 Å². The third-order valence-electron chi connectivity index (χ3n) is 3.80. The Labute approximate surface area is 123 Å². The van der Waals surface area contributed by atoms with Crippen molar-refractivity contribution in [1.82, 2.24) is 14.7 Å². The summed E-state index contributed by atoms with van der Waals surface area (Å²) in [6.45, 7) is 6.62. The molecule has 2 heterocycles. The smallest absolute Gasteiger partial charge is 0.272 e. The molecule has 5 heteroatoms. The van der Waals surface area contributed by atoms with Gasteiger partial charge in [0.05, 0.1) is 5.69 Å². The zero-order valence-corrected chi connectivity index (χ0v) is 13.3. The Balaban J connectivity index is 2.09. The molecule has 4 nitrogen and oxygen atoms in total. The highest BCUT2D eigenvalue weighted by molar-refractivity contribution is 9.09. The molecule has 1 aromatic rings. The van der Waals surface area contributed by atoms with Gasteiger partial charge < -0.3 is 4.90 Å². The van der Waals surface area contributed by atoms with E-state index in [0.717, 1.165) is 55.6 Å². The van der Waals surface area contributed by atoms with Crippen LogP contribution in [-0.4, -0.2) is 39.0 Å². The van der Waals surface area contributed by atoms with Crippen LogP contribution in [0, 0.1) is 5.92 Å². The van der Waals surface area contributed by atoms with Crippen LogP contribution in [0.5, 0.6) is 0 Å². The largest absolute Gasteiger partial charge is 0.337 e. The van der Waals surface area contributed by atoms with Gasteiger partial charge in [-0.05, 0) is 38.2 Å². The maximum atomic E-state index is 12.6. The quantitative estimate of drug-likeness (QED) is 0.780. The van der Waals surface area contributed by atoms with Gasteiger partial charge in [0.15, 0.2) is 0 Å². The number of halogens is 1. The van der Waals surface area contributed by atoms with E-state index in [1.54, 1.807) is 0 Å².